The maximum Gasteiger partial charge on any atom is 0.0630 e. The molecule has 1 atom stereocenters. The fraction of sp³-hybridized carbons (Fsp3) is 0.625. The van der Waals surface area contributed by atoms with Gasteiger partial charge in [0.1, 0.15) is 0 Å². The van der Waals surface area contributed by atoms with Crippen LogP contribution < -0.4 is 5.32 Å². The SMILES string of the molecule is CCCNCC(COC)N1CCc2ccccc2C1. The summed E-state index contributed by atoms with van der Waals surface area (Å²) in [6.45, 7) is 7.31. The normalized spacial score (nSPS) is 17.2. The van der Waals surface area contributed by atoms with Gasteiger partial charge in [-0.25, -0.2) is 0 Å². The minimum Gasteiger partial charge on any atom is -0.383 e. The fourth-order valence-corrected chi connectivity index (χ4v) is 2.76. The Morgan fingerprint density at radius 1 is 1.32 bits per heavy atom. The van der Waals surface area contributed by atoms with Crippen LogP contribution in [0.1, 0.15) is 24.5 Å². The van der Waals surface area contributed by atoms with E-state index in [0.29, 0.717) is 6.04 Å². The summed E-state index contributed by atoms with van der Waals surface area (Å²) < 4.78 is 5.39. The fourth-order valence-electron chi connectivity index (χ4n) is 2.76. The number of hydrogen-bond acceptors (Lipinski definition) is 3. The molecular weight excluding hydrogens is 236 g/mol. The first kappa shape index (κ1) is 14.5. The van der Waals surface area contributed by atoms with Crippen molar-refractivity contribution in [1.29, 1.82) is 0 Å². The third kappa shape index (κ3) is 4.03. The van der Waals surface area contributed by atoms with Gasteiger partial charge >= 0.3 is 0 Å². The van der Waals surface area contributed by atoms with Gasteiger partial charge in [0.15, 0.2) is 0 Å². The van der Waals surface area contributed by atoms with Crippen LogP contribution in [0.5, 0.6) is 0 Å². The van der Waals surface area contributed by atoms with Gasteiger partial charge in [0.25, 0.3) is 0 Å². The van der Waals surface area contributed by atoms with Crippen LogP contribution in [0.2, 0.25) is 0 Å². The Morgan fingerprint density at radius 2 is 2.11 bits per heavy atom. The molecule has 0 radical (unpaired) electrons. The van der Waals surface area contributed by atoms with Crippen molar-refractivity contribution in [2.24, 2.45) is 0 Å². The maximum absolute atomic E-state index is 5.39. The van der Waals surface area contributed by atoms with E-state index in [-0.39, 0.29) is 0 Å². The Kier molecular flexibility index (Phi) is 5.83. The van der Waals surface area contributed by atoms with Crippen LogP contribution in [-0.4, -0.2) is 44.3 Å². The van der Waals surface area contributed by atoms with Crippen molar-refractivity contribution < 1.29 is 4.74 Å². The van der Waals surface area contributed by atoms with Crippen LogP contribution in [0.25, 0.3) is 0 Å². The quantitative estimate of drug-likeness (QED) is 0.761. The molecule has 1 aliphatic heterocycles. The second-order valence-electron chi connectivity index (χ2n) is 5.30. The maximum atomic E-state index is 5.39. The number of nitrogens with zero attached hydrogens (tertiary/aromatic N) is 1. The average Bonchev–Trinajstić information content (AvgIpc) is 2.46. The van der Waals surface area contributed by atoms with Crippen LogP contribution >= 0.6 is 0 Å². The molecule has 0 bridgehead atoms. The molecule has 1 aromatic rings. The zero-order valence-corrected chi connectivity index (χ0v) is 12.2. The summed E-state index contributed by atoms with van der Waals surface area (Å²) in [5.74, 6) is 0. The number of hydrogen-bond donors (Lipinski definition) is 1. The molecule has 0 saturated carbocycles. The van der Waals surface area contributed by atoms with Crippen molar-refractivity contribution in [3.8, 4) is 0 Å². The Labute approximate surface area is 116 Å². The molecule has 1 N–H and O–H groups in total. The first-order chi connectivity index (χ1) is 9.35. The molecule has 1 heterocycles. The summed E-state index contributed by atoms with van der Waals surface area (Å²) in [6, 6.07) is 9.27. The lowest BCUT2D eigenvalue weighted by Crippen LogP contribution is -2.47. The molecule has 3 nitrogen and oxygen atoms in total. The van der Waals surface area contributed by atoms with Gasteiger partial charge in [0.2, 0.25) is 0 Å². The number of fused-ring (bicyclic) bond motifs is 1. The number of rotatable bonds is 7. The Hall–Kier alpha value is -0.900. The summed E-state index contributed by atoms with van der Waals surface area (Å²) >= 11 is 0. The van der Waals surface area contributed by atoms with Crippen molar-refractivity contribution >= 4 is 0 Å². The van der Waals surface area contributed by atoms with E-state index in [1.165, 1.54) is 17.5 Å². The largest absolute Gasteiger partial charge is 0.383 e. The summed E-state index contributed by atoms with van der Waals surface area (Å²) in [4.78, 5) is 2.55. The van der Waals surface area contributed by atoms with Gasteiger partial charge in [-0.05, 0) is 30.5 Å². The zero-order chi connectivity index (χ0) is 13.5. The molecule has 0 saturated heterocycles. The highest BCUT2D eigenvalue weighted by molar-refractivity contribution is 5.29. The molecule has 1 aliphatic rings. The minimum absolute atomic E-state index is 0.477. The van der Waals surface area contributed by atoms with E-state index in [2.05, 4.69) is 41.4 Å². The third-order valence-electron chi connectivity index (χ3n) is 3.84. The highest BCUT2D eigenvalue weighted by Crippen LogP contribution is 2.20. The molecule has 106 valence electrons. The van der Waals surface area contributed by atoms with Gasteiger partial charge in [-0.3, -0.25) is 4.90 Å². The number of ether oxygens (including phenoxy) is 1. The molecule has 1 aromatic carbocycles. The summed E-state index contributed by atoms with van der Waals surface area (Å²) in [5.41, 5.74) is 2.99. The first-order valence-corrected chi connectivity index (χ1v) is 7.35. The lowest BCUT2D eigenvalue weighted by atomic mass is 9.98. The Balaban J connectivity index is 1.95. The number of methoxy groups -OCH3 is 1. The van der Waals surface area contributed by atoms with Crippen molar-refractivity contribution in [1.82, 2.24) is 10.2 Å². The van der Waals surface area contributed by atoms with Crippen LogP contribution in [0.4, 0.5) is 0 Å². The van der Waals surface area contributed by atoms with Gasteiger partial charge < -0.3 is 10.1 Å². The predicted octanol–water partition coefficient (Wildman–Crippen LogP) is 2.06. The summed E-state index contributed by atoms with van der Waals surface area (Å²) in [7, 11) is 1.80. The third-order valence-corrected chi connectivity index (χ3v) is 3.84. The summed E-state index contributed by atoms with van der Waals surface area (Å²) in [5, 5.41) is 3.52. The van der Waals surface area contributed by atoms with E-state index in [4.69, 9.17) is 4.74 Å². The van der Waals surface area contributed by atoms with Gasteiger partial charge in [-0.15, -0.1) is 0 Å². The molecule has 2 rings (SSSR count). The zero-order valence-electron chi connectivity index (χ0n) is 12.2. The van der Waals surface area contributed by atoms with E-state index < -0.39 is 0 Å². The van der Waals surface area contributed by atoms with E-state index in [1.807, 2.05) is 0 Å². The molecule has 19 heavy (non-hydrogen) atoms. The van der Waals surface area contributed by atoms with Gasteiger partial charge in [-0.1, -0.05) is 31.2 Å². The van der Waals surface area contributed by atoms with Gasteiger partial charge in [0.05, 0.1) is 6.61 Å². The highest BCUT2D eigenvalue weighted by Gasteiger charge is 2.22. The van der Waals surface area contributed by atoms with Crippen LogP contribution in [0.3, 0.4) is 0 Å². The number of nitrogens with one attached hydrogen (secondary N) is 1. The monoisotopic (exact) mass is 262 g/mol. The smallest absolute Gasteiger partial charge is 0.0630 e. The van der Waals surface area contributed by atoms with Crippen LogP contribution in [0.15, 0.2) is 24.3 Å². The molecule has 1 unspecified atom stereocenters. The number of benzene rings is 1. The summed E-state index contributed by atoms with van der Waals surface area (Å²) in [6.07, 6.45) is 2.34. The molecule has 0 fully saturated rings. The van der Waals surface area contributed by atoms with Crippen LogP contribution in [-0.2, 0) is 17.7 Å². The van der Waals surface area contributed by atoms with E-state index in [0.717, 1.165) is 39.2 Å². The standard InChI is InChI=1S/C16H26N2O/c1-3-9-17-11-16(13-19-2)18-10-8-14-6-4-5-7-15(14)12-18/h4-7,16-17H,3,8-13H2,1-2H3. The molecule has 0 aromatic heterocycles. The molecular formula is C16H26N2O. The molecule has 0 spiro atoms. The van der Waals surface area contributed by atoms with Crippen molar-refractivity contribution in [2.45, 2.75) is 32.4 Å². The van der Waals surface area contributed by atoms with Gasteiger partial charge in [-0.2, -0.15) is 0 Å². The topological polar surface area (TPSA) is 24.5 Å². The van der Waals surface area contributed by atoms with Crippen molar-refractivity contribution in [3.63, 3.8) is 0 Å². The lowest BCUT2D eigenvalue weighted by Gasteiger charge is -2.35. The average molecular weight is 262 g/mol. The molecule has 3 heteroatoms. The minimum atomic E-state index is 0.477. The second kappa shape index (κ2) is 7.63. The second-order valence-corrected chi connectivity index (χ2v) is 5.30. The highest BCUT2D eigenvalue weighted by atomic mass is 16.5. The van der Waals surface area contributed by atoms with Gasteiger partial charge in [0, 0.05) is 32.8 Å². The van der Waals surface area contributed by atoms with E-state index in [9.17, 15) is 0 Å². The van der Waals surface area contributed by atoms with Crippen molar-refractivity contribution in [2.75, 3.05) is 33.4 Å². The first-order valence-electron chi connectivity index (χ1n) is 7.35. The lowest BCUT2D eigenvalue weighted by molar-refractivity contribution is 0.0808. The van der Waals surface area contributed by atoms with Crippen molar-refractivity contribution in [3.05, 3.63) is 35.4 Å². The predicted molar refractivity (Wildman–Crippen MR) is 79.4 cm³/mol. The van der Waals surface area contributed by atoms with E-state index >= 15 is 0 Å². The van der Waals surface area contributed by atoms with Crippen LogP contribution in [0, 0.1) is 0 Å². The Morgan fingerprint density at radius 3 is 2.84 bits per heavy atom. The molecule has 0 aliphatic carbocycles. The molecule has 0 amide bonds. The Bertz CT molecular complexity index is 381. The van der Waals surface area contributed by atoms with E-state index in [1.54, 1.807) is 7.11 Å².